The molecule has 0 spiro atoms. The second-order valence-electron chi connectivity index (χ2n) is 5.97. The SMILES string of the molecule is CC(C)NC(=O)N1CCN(c2ccc(C(C)O)cc2F)CC1. The minimum absolute atomic E-state index is 0.0698. The topological polar surface area (TPSA) is 55.8 Å². The summed E-state index contributed by atoms with van der Waals surface area (Å²) in [6.07, 6.45) is -0.680. The van der Waals surface area contributed by atoms with Crippen molar-refractivity contribution >= 4 is 11.7 Å². The number of anilines is 1. The number of halogens is 1. The minimum Gasteiger partial charge on any atom is -0.389 e. The van der Waals surface area contributed by atoms with Crippen LogP contribution in [-0.4, -0.2) is 48.3 Å². The third-order valence-electron chi connectivity index (χ3n) is 3.77. The summed E-state index contributed by atoms with van der Waals surface area (Å²) in [6.45, 7) is 7.78. The van der Waals surface area contributed by atoms with E-state index in [1.807, 2.05) is 18.7 Å². The van der Waals surface area contributed by atoms with E-state index in [0.717, 1.165) is 0 Å². The number of nitrogens with one attached hydrogen (secondary N) is 1. The van der Waals surface area contributed by atoms with E-state index in [9.17, 15) is 14.3 Å². The zero-order valence-corrected chi connectivity index (χ0v) is 13.3. The van der Waals surface area contributed by atoms with Crippen LogP contribution in [0.5, 0.6) is 0 Å². The molecule has 22 heavy (non-hydrogen) atoms. The van der Waals surface area contributed by atoms with Crippen LogP contribution < -0.4 is 10.2 Å². The quantitative estimate of drug-likeness (QED) is 0.899. The summed E-state index contributed by atoms with van der Waals surface area (Å²) in [5.74, 6) is -0.335. The second-order valence-corrected chi connectivity index (χ2v) is 5.97. The molecule has 1 aromatic rings. The van der Waals surface area contributed by atoms with Gasteiger partial charge in [-0.3, -0.25) is 0 Å². The van der Waals surface area contributed by atoms with Gasteiger partial charge in [-0.25, -0.2) is 9.18 Å². The summed E-state index contributed by atoms with van der Waals surface area (Å²) in [5.41, 5.74) is 1.09. The number of aliphatic hydroxyl groups is 1. The summed E-state index contributed by atoms with van der Waals surface area (Å²) in [5, 5.41) is 12.4. The predicted octanol–water partition coefficient (Wildman–Crippen LogP) is 2.12. The lowest BCUT2D eigenvalue weighted by Gasteiger charge is -2.36. The lowest BCUT2D eigenvalue weighted by Crippen LogP contribution is -2.53. The van der Waals surface area contributed by atoms with Gasteiger partial charge in [-0.05, 0) is 38.5 Å². The number of piperazine rings is 1. The molecule has 122 valence electrons. The van der Waals surface area contributed by atoms with Gasteiger partial charge in [0.05, 0.1) is 11.8 Å². The Hall–Kier alpha value is -1.82. The molecule has 1 saturated heterocycles. The number of nitrogens with zero attached hydrogens (tertiary/aromatic N) is 2. The van der Waals surface area contributed by atoms with Gasteiger partial charge in [-0.2, -0.15) is 0 Å². The van der Waals surface area contributed by atoms with Gasteiger partial charge in [0.1, 0.15) is 5.82 Å². The van der Waals surface area contributed by atoms with E-state index in [1.165, 1.54) is 6.07 Å². The maximum atomic E-state index is 14.2. The Labute approximate surface area is 130 Å². The summed E-state index contributed by atoms with van der Waals surface area (Å²) in [4.78, 5) is 15.6. The fourth-order valence-corrected chi connectivity index (χ4v) is 2.53. The van der Waals surface area contributed by atoms with Crippen molar-refractivity contribution in [3.8, 4) is 0 Å². The smallest absolute Gasteiger partial charge is 0.317 e. The normalized spacial score (nSPS) is 16.8. The number of rotatable bonds is 3. The number of hydrogen-bond acceptors (Lipinski definition) is 3. The number of amides is 2. The largest absolute Gasteiger partial charge is 0.389 e. The molecule has 0 radical (unpaired) electrons. The van der Waals surface area contributed by atoms with Gasteiger partial charge < -0.3 is 20.2 Å². The first-order valence-electron chi connectivity index (χ1n) is 7.66. The van der Waals surface area contributed by atoms with Crippen molar-refractivity contribution in [1.82, 2.24) is 10.2 Å². The van der Waals surface area contributed by atoms with Crippen LogP contribution >= 0.6 is 0 Å². The molecule has 1 fully saturated rings. The van der Waals surface area contributed by atoms with Crippen molar-refractivity contribution < 1.29 is 14.3 Å². The molecule has 0 saturated carbocycles. The van der Waals surface area contributed by atoms with Crippen molar-refractivity contribution in [2.24, 2.45) is 0 Å². The number of carbonyl (C=O) groups is 1. The van der Waals surface area contributed by atoms with Crippen LogP contribution in [0.3, 0.4) is 0 Å². The Bertz CT molecular complexity index is 526. The lowest BCUT2D eigenvalue weighted by molar-refractivity contribution is 0.191. The van der Waals surface area contributed by atoms with Gasteiger partial charge in [-0.15, -0.1) is 0 Å². The Kier molecular flexibility index (Phi) is 5.24. The Morgan fingerprint density at radius 2 is 1.86 bits per heavy atom. The summed E-state index contributed by atoms with van der Waals surface area (Å²) in [6, 6.07) is 4.84. The van der Waals surface area contributed by atoms with E-state index in [4.69, 9.17) is 0 Å². The molecule has 1 atom stereocenters. The van der Waals surface area contributed by atoms with Gasteiger partial charge in [-0.1, -0.05) is 6.07 Å². The maximum absolute atomic E-state index is 14.2. The third-order valence-corrected chi connectivity index (χ3v) is 3.77. The highest BCUT2D eigenvalue weighted by Gasteiger charge is 2.23. The maximum Gasteiger partial charge on any atom is 0.317 e. The van der Waals surface area contributed by atoms with Crippen LogP contribution in [0, 0.1) is 5.82 Å². The molecule has 2 rings (SSSR count). The summed E-state index contributed by atoms with van der Waals surface area (Å²) < 4.78 is 14.2. The molecule has 1 aliphatic heterocycles. The molecule has 1 unspecified atom stereocenters. The highest BCUT2D eigenvalue weighted by Crippen LogP contribution is 2.24. The Morgan fingerprint density at radius 3 is 2.36 bits per heavy atom. The van der Waals surface area contributed by atoms with Gasteiger partial charge >= 0.3 is 6.03 Å². The number of hydrogen-bond donors (Lipinski definition) is 2. The molecule has 0 aromatic heterocycles. The molecule has 1 aromatic carbocycles. The van der Waals surface area contributed by atoms with Crippen molar-refractivity contribution in [3.05, 3.63) is 29.6 Å². The lowest BCUT2D eigenvalue weighted by atomic mass is 10.1. The molecular weight excluding hydrogens is 285 g/mol. The van der Waals surface area contributed by atoms with Crippen molar-refractivity contribution in [1.29, 1.82) is 0 Å². The van der Waals surface area contributed by atoms with E-state index in [0.29, 0.717) is 37.4 Å². The zero-order valence-electron chi connectivity index (χ0n) is 13.3. The van der Waals surface area contributed by atoms with Gasteiger partial charge in [0.25, 0.3) is 0 Å². The van der Waals surface area contributed by atoms with E-state index < -0.39 is 6.10 Å². The van der Waals surface area contributed by atoms with Crippen LogP contribution in [-0.2, 0) is 0 Å². The predicted molar refractivity (Wildman–Crippen MR) is 84.5 cm³/mol. The first-order valence-corrected chi connectivity index (χ1v) is 7.66. The van der Waals surface area contributed by atoms with Gasteiger partial charge in [0.2, 0.25) is 0 Å². The number of benzene rings is 1. The highest BCUT2D eigenvalue weighted by molar-refractivity contribution is 5.74. The number of urea groups is 1. The monoisotopic (exact) mass is 309 g/mol. The third kappa shape index (κ3) is 3.88. The summed E-state index contributed by atoms with van der Waals surface area (Å²) >= 11 is 0. The molecule has 5 nitrogen and oxygen atoms in total. The fraction of sp³-hybridized carbons (Fsp3) is 0.562. The standard InChI is InChI=1S/C16H24FN3O2/c1-11(2)18-16(22)20-8-6-19(7-9-20)15-5-4-13(12(3)21)10-14(15)17/h4-5,10-12,21H,6-9H2,1-3H3,(H,18,22). The second kappa shape index (κ2) is 6.96. The fourth-order valence-electron chi connectivity index (χ4n) is 2.53. The van der Waals surface area contributed by atoms with Crippen LogP contribution in [0.2, 0.25) is 0 Å². The van der Waals surface area contributed by atoms with E-state index >= 15 is 0 Å². The number of carbonyl (C=O) groups excluding carboxylic acids is 1. The van der Waals surface area contributed by atoms with Crippen LogP contribution in [0.1, 0.15) is 32.4 Å². The molecule has 2 amide bonds. The highest BCUT2D eigenvalue weighted by atomic mass is 19.1. The van der Waals surface area contributed by atoms with Crippen molar-refractivity contribution in [3.63, 3.8) is 0 Å². The van der Waals surface area contributed by atoms with E-state index in [-0.39, 0.29) is 17.9 Å². The molecule has 1 heterocycles. The van der Waals surface area contributed by atoms with Crippen LogP contribution in [0.25, 0.3) is 0 Å². The van der Waals surface area contributed by atoms with Crippen LogP contribution in [0.4, 0.5) is 14.9 Å². The average molecular weight is 309 g/mol. The zero-order chi connectivity index (χ0) is 16.3. The number of aliphatic hydroxyl groups excluding tert-OH is 1. The molecule has 1 aliphatic rings. The first-order chi connectivity index (χ1) is 10.4. The molecule has 6 heteroatoms. The molecule has 0 aliphatic carbocycles. The van der Waals surface area contributed by atoms with E-state index in [2.05, 4.69) is 5.32 Å². The molecular formula is C16H24FN3O2. The van der Waals surface area contributed by atoms with Crippen molar-refractivity contribution in [2.75, 3.05) is 31.1 Å². The first kappa shape index (κ1) is 16.5. The van der Waals surface area contributed by atoms with E-state index in [1.54, 1.807) is 24.0 Å². The van der Waals surface area contributed by atoms with Gasteiger partial charge in [0.15, 0.2) is 0 Å². The average Bonchev–Trinajstić information content (AvgIpc) is 2.46. The van der Waals surface area contributed by atoms with Gasteiger partial charge in [0, 0.05) is 32.2 Å². The summed E-state index contributed by atoms with van der Waals surface area (Å²) in [7, 11) is 0. The Balaban J connectivity index is 1.98. The minimum atomic E-state index is -0.680. The molecule has 2 N–H and O–H groups in total. The van der Waals surface area contributed by atoms with Crippen molar-refractivity contribution in [2.45, 2.75) is 32.9 Å². The molecule has 0 bridgehead atoms. The Morgan fingerprint density at radius 1 is 1.23 bits per heavy atom. The van der Waals surface area contributed by atoms with Crippen LogP contribution in [0.15, 0.2) is 18.2 Å².